The number of benzene rings is 5. The zero-order valence-electron chi connectivity index (χ0n) is 27.4. The van der Waals surface area contributed by atoms with Crippen molar-refractivity contribution in [2.45, 2.75) is 24.9 Å². The van der Waals surface area contributed by atoms with Crippen LogP contribution in [-0.2, 0) is 11.1 Å². The Morgan fingerprint density at radius 3 is 1.86 bits per heavy atom. The lowest BCUT2D eigenvalue weighted by Crippen LogP contribution is -2.41. The van der Waals surface area contributed by atoms with Crippen LogP contribution in [0.1, 0.15) is 30.5 Å². The minimum atomic E-state index is -0.939. The van der Waals surface area contributed by atoms with Crippen LogP contribution in [0.15, 0.2) is 145 Å². The lowest BCUT2D eigenvalue weighted by molar-refractivity contribution is 0.281. The molecule has 5 aromatic carbocycles. The van der Waals surface area contributed by atoms with Crippen LogP contribution >= 0.6 is 0 Å². The Bertz CT molecular complexity index is 2620. The smallest absolute Gasteiger partial charge is 0.210 e. The summed E-state index contributed by atoms with van der Waals surface area (Å²) < 4.78 is 4.13. The number of nitrogens with one attached hydrogen (secondary N) is 2. The number of rotatable bonds is 4. The number of nitrogens with two attached hydrogens (primary N) is 1. The van der Waals surface area contributed by atoms with Crippen LogP contribution in [0.3, 0.4) is 0 Å². The predicted molar refractivity (Wildman–Crippen MR) is 197 cm³/mol. The summed E-state index contributed by atoms with van der Waals surface area (Å²) in [6.45, 7) is 4.04. The summed E-state index contributed by atoms with van der Waals surface area (Å²) >= 11 is 0. The molecule has 0 radical (unpaired) electrons. The second-order valence-electron chi connectivity index (χ2n) is 13.1. The molecular formula is C41H32N8O. The maximum Gasteiger partial charge on any atom is 0.210 e. The first-order chi connectivity index (χ1) is 24.3. The van der Waals surface area contributed by atoms with Gasteiger partial charge < -0.3 is 21.5 Å². The molecule has 242 valence electrons. The Labute approximate surface area is 288 Å². The first kappa shape index (κ1) is 29.4. The minimum Gasteiger partial charge on any atom is -0.507 e. The molecular weight excluding hydrogens is 621 g/mol. The Morgan fingerprint density at radius 1 is 0.640 bits per heavy atom. The minimum absolute atomic E-state index is 0.186. The largest absolute Gasteiger partial charge is 0.507 e. The number of nitrogens with zero attached hydrogens (tertiary/aromatic N) is 5. The monoisotopic (exact) mass is 652 g/mol. The fourth-order valence-electron chi connectivity index (χ4n) is 7.74. The van der Waals surface area contributed by atoms with E-state index in [4.69, 9.17) is 15.7 Å². The topological polar surface area (TPSA) is 130 Å². The SMILES string of the molecule is CC1(c2ccccc2)C(O)=C(c2cccc(-c3cccc(C4(C)C(C#N)=C(N)Nc5nc6ccccc6n54)c3)c2)Nc2nc3ccccc3n21. The first-order valence-electron chi connectivity index (χ1n) is 16.4. The van der Waals surface area contributed by atoms with E-state index in [2.05, 4.69) is 44.0 Å². The van der Waals surface area contributed by atoms with E-state index in [0.717, 1.165) is 49.9 Å². The van der Waals surface area contributed by atoms with Gasteiger partial charge in [-0.3, -0.25) is 9.13 Å². The van der Waals surface area contributed by atoms with E-state index in [1.54, 1.807) is 0 Å². The average molecular weight is 653 g/mol. The highest BCUT2D eigenvalue weighted by atomic mass is 16.3. The zero-order valence-corrected chi connectivity index (χ0v) is 27.4. The highest BCUT2D eigenvalue weighted by Gasteiger charge is 2.44. The summed E-state index contributed by atoms with van der Waals surface area (Å²) in [4.78, 5) is 9.74. The second-order valence-corrected chi connectivity index (χ2v) is 13.1. The number of aromatic nitrogens is 4. The molecule has 0 aliphatic carbocycles. The van der Waals surface area contributed by atoms with Crippen LogP contribution in [0.2, 0.25) is 0 Å². The van der Waals surface area contributed by atoms with E-state index in [1.165, 1.54) is 0 Å². The van der Waals surface area contributed by atoms with E-state index in [9.17, 15) is 10.4 Å². The van der Waals surface area contributed by atoms with Gasteiger partial charge in [-0.25, -0.2) is 9.97 Å². The van der Waals surface area contributed by atoms with Crippen molar-refractivity contribution in [3.63, 3.8) is 0 Å². The number of aliphatic hydroxyl groups excluding tert-OH is 1. The van der Waals surface area contributed by atoms with Gasteiger partial charge >= 0.3 is 0 Å². The molecule has 2 aliphatic heterocycles. The van der Waals surface area contributed by atoms with Gasteiger partial charge in [-0.2, -0.15) is 5.26 Å². The van der Waals surface area contributed by atoms with E-state index < -0.39 is 11.1 Å². The van der Waals surface area contributed by atoms with Crippen molar-refractivity contribution < 1.29 is 5.11 Å². The molecule has 2 unspecified atom stereocenters. The summed E-state index contributed by atoms with van der Waals surface area (Å²) in [5, 5.41) is 29.3. The lowest BCUT2D eigenvalue weighted by Gasteiger charge is -2.38. The quantitative estimate of drug-likeness (QED) is 0.151. The zero-order chi connectivity index (χ0) is 34.2. The van der Waals surface area contributed by atoms with Gasteiger partial charge in [-0.1, -0.05) is 91.0 Å². The highest BCUT2D eigenvalue weighted by molar-refractivity contribution is 5.88. The molecule has 4 heterocycles. The molecule has 0 bridgehead atoms. The third kappa shape index (κ3) is 3.99. The van der Waals surface area contributed by atoms with Crippen molar-refractivity contribution in [2.75, 3.05) is 10.6 Å². The molecule has 0 amide bonds. The summed E-state index contributed by atoms with van der Waals surface area (Å²) in [6, 6.07) is 44.5. The fourth-order valence-corrected chi connectivity index (χ4v) is 7.74. The molecule has 0 fully saturated rings. The predicted octanol–water partition coefficient (Wildman–Crippen LogP) is 8.05. The molecule has 0 spiro atoms. The van der Waals surface area contributed by atoms with E-state index in [-0.39, 0.29) is 11.6 Å². The van der Waals surface area contributed by atoms with Gasteiger partial charge in [0.05, 0.1) is 33.3 Å². The van der Waals surface area contributed by atoms with Crippen molar-refractivity contribution in [1.29, 1.82) is 5.26 Å². The Balaban J connectivity index is 1.19. The van der Waals surface area contributed by atoms with Gasteiger partial charge in [0.1, 0.15) is 28.7 Å². The van der Waals surface area contributed by atoms with Gasteiger partial charge in [0, 0.05) is 5.56 Å². The fraction of sp³-hybridized carbons (Fsp3) is 0.0976. The van der Waals surface area contributed by atoms with Crippen molar-refractivity contribution in [2.24, 2.45) is 5.73 Å². The summed E-state index contributed by atoms with van der Waals surface area (Å²) in [5.74, 6) is 1.69. The molecule has 2 atom stereocenters. The molecule has 0 saturated carbocycles. The normalized spacial score (nSPS) is 19.9. The molecule has 9 nitrogen and oxygen atoms in total. The molecule has 5 N–H and O–H groups in total. The van der Waals surface area contributed by atoms with Gasteiger partial charge in [0.2, 0.25) is 11.9 Å². The summed E-state index contributed by atoms with van der Waals surface area (Å²) in [6.07, 6.45) is 0. The third-order valence-electron chi connectivity index (χ3n) is 10.3. The van der Waals surface area contributed by atoms with Crippen LogP contribution in [0, 0.1) is 11.3 Å². The van der Waals surface area contributed by atoms with E-state index in [0.29, 0.717) is 23.2 Å². The number of imidazole rings is 2. The molecule has 2 aliphatic rings. The number of hydrogen-bond acceptors (Lipinski definition) is 7. The average Bonchev–Trinajstić information content (AvgIpc) is 3.72. The second kappa shape index (κ2) is 10.6. The maximum absolute atomic E-state index is 12.3. The van der Waals surface area contributed by atoms with Crippen LogP contribution in [-0.4, -0.2) is 24.2 Å². The Morgan fingerprint density at radius 2 is 1.18 bits per heavy atom. The van der Waals surface area contributed by atoms with Crippen LogP contribution in [0.25, 0.3) is 38.9 Å². The number of aliphatic hydroxyl groups is 1. The number of allylic oxidation sites excluding steroid dienone is 2. The van der Waals surface area contributed by atoms with Gasteiger partial charge in [0.25, 0.3) is 0 Å². The van der Waals surface area contributed by atoms with Crippen molar-refractivity contribution in [3.05, 3.63) is 161 Å². The molecule has 7 aromatic rings. The highest BCUT2D eigenvalue weighted by Crippen LogP contribution is 2.46. The van der Waals surface area contributed by atoms with Crippen molar-refractivity contribution in [3.8, 4) is 17.2 Å². The molecule has 0 saturated heterocycles. The van der Waals surface area contributed by atoms with Crippen LogP contribution in [0.4, 0.5) is 11.9 Å². The Hall–Kier alpha value is -6.79. The van der Waals surface area contributed by atoms with Gasteiger partial charge in [-0.05, 0) is 72.5 Å². The van der Waals surface area contributed by atoms with Gasteiger partial charge in [0.15, 0.2) is 0 Å². The van der Waals surface area contributed by atoms with Crippen LogP contribution < -0.4 is 16.4 Å². The standard InChI is InChI=1S/C41H32N8O/c1-40(30(24-42)37(43)47-39-45-31-18-6-8-20-33(31)48(39)40)29-17-11-13-26(23-29)25-12-10-14-27(22-25)35-36(50)41(2,28-15-4-3-5-16-28)49-34-21-9-7-19-32(34)44-38(49)46-35/h3-23,50H,43H2,1-2H3,(H,44,46)(H,45,47). The number of para-hydroxylation sites is 4. The number of nitriles is 1. The summed E-state index contributed by atoms with van der Waals surface area (Å²) in [5.41, 5.74) is 13.6. The third-order valence-corrected chi connectivity index (χ3v) is 10.3. The first-order valence-corrected chi connectivity index (χ1v) is 16.4. The van der Waals surface area contributed by atoms with Crippen LogP contribution in [0.5, 0.6) is 0 Å². The molecule has 9 rings (SSSR count). The van der Waals surface area contributed by atoms with E-state index >= 15 is 0 Å². The molecule has 9 heteroatoms. The lowest BCUT2D eigenvalue weighted by atomic mass is 9.81. The molecule has 50 heavy (non-hydrogen) atoms. The van der Waals surface area contributed by atoms with E-state index in [1.807, 2.05) is 123 Å². The van der Waals surface area contributed by atoms with Crippen molar-refractivity contribution >= 4 is 39.7 Å². The van der Waals surface area contributed by atoms with Gasteiger partial charge in [-0.15, -0.1) is 0 Å². The maximum atomic E-state index is 12.3. The Kier molecular flexibility index (Phi) is 6.23. The summed E-state index contributed by atoms with van der Waals surface area (Å²) in [7, 11) is 0. The number of fused-ring (bicyclic) bond motifs is 6. The number of hydrogen-bond donors (Lipinski definition) is 4. The number of anilines is 2. The molecule has 2 aromatic heterocycles. The van der Waals surface area contributed by atoms with Crippen molar-refractivity contribution in [1.82, 2.24) is 19.1 Å².